The quantitative estimate of drug-likeness (QED) is 0.726. The molecule has 5 heteroatoms. The monoisotopic (exact) mass is 322 g/mol. The fourth-order valence-corrected chi connectivity index (χ4v) is 2.82. The van der Waals surface area contributed by atoms with E-state index >= 15 is 0 Å². The van der Waals surface area contributed by atoms with Gasteiger partial charge in [-0.25, -0.2) is 4.98 Å². The zero-order valence-corrected chi connectivity index (χ0v) is 13.8. The molecule has 0 unspecified atom stereocenters. The summed E-state index contributed by atoms with van der Waals surface area (Å²) in [6.45, 7) is 1.93. The topological polar surface area (TPSA) is 54.2 Å². The SMILES string of the molecule is CN(Cc1ccccc1)C[C@H](O)Cn1ccnc1-c1ccncc1. The Balaban J connectivity index is 1.59. The van der Waals surface area contributed by atoms with E-state index in [-0.39, 0.29) is 0 Å². The summed E-state index contributed by atoms with van der Waals surface area (Å²) in [5, 5.41) is 10.4. The molecule has 2 heterocycles. The molecule has 0 bridgehead atoms. The molecule has 0 fully saturated rings. The van der Waals surface area contributed by atoms with Gasteiger partial charge in [0.15, 0.2) is 0 Å². The highest BCUT2D eigenvalue weighted by Gasteiger charge is 2.13. The summed E-state index contributed by atoms with van der Waals surface area (Å²) < 4.78 is 1.98. The van der Waals surface area contributed by atoms with Crippen LogP contribution in [0.3, 0.4) is 0 Å². The van der Waals surface area contributed by atoms with Crippen LogP contribution in [0.1, 0.15) is 5.56 Å². The lowest BCUT2D eigenvalue weighted by atomic mass is 10.2. The molecule has 0 saturated heterocycles. The minimum Gasteiger partial charge on any atom is -0.390 e. The lowest BCUT2D eigenvalue weighted by Crippen LogP contribution is -2.31. The van der Waals surface area contributed by atoms with Crippen LogP contribution in [0.25, 0.3) is 11.4 Å². The van der Waals surface area contributed by atoms with Gasteiger partial charge in [0, 0.05) is 43.4 Å². The number of pyridine rings is 1. The number of nitrogens with zero attached hydrogens (tertiary/aromatic N) is 4. The lowest BCUT2D eigenvalue weighted by molar-refractivity contribution is 0.107. The Kier molecular flexibility index (Phi) is 5.36. The molecular formula is C19H22N4O. The van der Waals surface area contributed by atoms with E-state index in [1.54, 1.807) is 18.6 Å². The molecule has 24 heavy (non-hydrogen) atoms. The summed E-state index contributed by atoms with van der Waals surface area (Å²) in [6.07, 6.45) is 6.69. The van der Waals surface area contributed by atoms with Gasteiger partial charge in [0.2, 0.25) is 0 Å². The van der Waals surface area contributed by atoms with Gasteiger partial charge in [-0.15, -0.1) is 0 Å². The third-order valence-corrected chi connectivity index (χ3v) is 3.88. The number of benzene rings is 1. The predicted molar refractivity (Wildman–Crippen MR) is 94.2 cm³/mol. The first-order valence-electron chi connectivity index (χ1n) is 8.04. The first-order valence-corrected chi connectivity index (χ1v) is 8.04. The van der Waals surface area contributed by atoms with Gasteiger partial charge in [0.1, 0.15) is 5.82 Å². The lowest BCUT2D eigenvalue weighted by Gasteiger charge is -2.21. The summed E-state index contributed by atoms with van der Waals surface area (Å²) in [4.78, 5) is 10.6. The number of aromatic nitrogens is 3. The maximum absolute atomic E-state index is 10.4. The van der Waals surface area contributed by atoms with Gasteiger partial charge in [-0.05, 0) is 24.7 Å². The summed E-state index contributed by atoms with van der Waals surface area (Å²) in [5.74, 6) is 0.849. The molecule has 5 nitrogen and oxygen atoms in total. The van der Waals surface area contributed by atoms with Crippen molar-refractivity contribution in [1.82, 2.24) is 19.4 Å². The average Bonchev–Trinajstić information content (AvgIpc) is 3.04. The summed E-state index contributed by atoms with van der Waals surface area (Å²) in [6, 6.07) is 14.1. The van der Waals surface area contributed by atoms with Crippen molar-refractivity contribution in [2.24, 2.45) is 0 Å². The number of aliphatic hydroxyl groups is 1. The van der Waals surface area contributed by atoms with Crippen LogP contribution >= 0.6 is 0 Å². The molecule has 1 aromatic carbocycles. The van der Waals surface area contributed by atoms with Crippen molar-refractivity contribution in [2.45, 2.75) is 19.2 Å². The van der Waals surface area contributed by atoms with Crippen LogP contribution in [-0.4, -0.2) is 44.2 Å². The molecular weight excluding hydrogens is 300 g/mol. The predicted octanol–water partition coefficient (Wildman–Crippen LogP) is 2.44. The van der Waals surface area contributed by atoms with E-state index < -0.39 is 6.10 Å². The van der Waals surface area contributed by atoms with E-state index in [2.05, 4.69) is 27.0 Å². The zero-order chi connectivity index (χ0) is 16.8. The van der Waals surface area contributed by atoms with Crippen molar-refractivity contribution in [3.63, 3.8) is 0 Å². The molecule has 0 radical (unpaired) electrons. The zero-order valence-electron chi connectivity index (χ0n) is 13.8. The first-order chi connectivity index (χ1) is 11.7. The Labute approximate surface area is 142 Å². The molecule has 1 N–H and O–H groups in total. The van der Waals surface area contributed by atoms with E-state index in [4.69, 9.17) is 0 Å². The molecule has 1 atom stereocenters. The largest absolute Gasteiger partial charge is 0.390 e. The van der Waals surface area contributed by atoms with E-state index in [1.165, 1.54) is 5.56 Å². The summed E-state index contributed by atoms with van der Waals surface area (Å²) >= 11 is 0. The molecule has 0 aliphatic heterocycles. The van der Waals surface area contributed by atoms with Crippen LogP contribution in [-0.2, 0) is 13.1 Å². The van der Waals surface area contributed by atoms with E-state index in [0.717, 1.165) is 17.9 Å². The van der Waals surface area contributed by atoms with Gasteiger partial charge in [-0.2, -0.15) is 0 Å². The number of aliphatic hydroxyl groups excluding tert-OH is 1. The van der Waals surface area contributed by atoms with Gasteiger partial charge in [-0.1, -0.05) is 30.3 Å². The number of hydrogen-bond donors (Lipinski definition) is 1. The molecule has 0 spiro atoms. The highest BCUT2D eigenvalue weighted by molar-refractivity contribution is 5.54. The molecule has 3 aromatic rings. The van der Waals surface area contributed by atoms with Crippen LogP contribution < -0.4 is 0 Å². The Bertz CT molecular complexity index is 742. The van der Waals surface area contributed by atoms with Crippen molar-refractivity contribution in [1.29, 1.82) is 0 Å². The number of hydrogen-bond acceptors (Lipinski definition) is 4. The van der Waals surface area contributed by atoms with E-state index in [9.17, 15) is 5.11 Å². The van der Waals surface area contributed by atoms with E-state index in [0.29, 0.717) is 13.1 Å². The normalized spacial score (nSPS) is 12.5. The molecule has 2 aromatic heterocycles. The van der Waals surface area contributed by atoms with Crippen molar-refractivity contribution in [2.75, 3.05) is 13.6 Å². The average molecular weight is 322 g/mol. The Morgan fingerprint density at radius 1 is 1.08 bits per heavy atom. The molecule has 124 valence electrons. The van der Waals surface area contributed by atoms with E-state index in [1.807, 2.05) is 48.1 Å². The van der Waals surface area contributed by atoms with Gasteiger partial charge in [0.25, 0.3) is 0 Å². The minimum atomic E-state index is -0.464. The molecule has 0 aliphatic carbocycles. The number of rotatable bonds is 7. The van der Waals surface area contributed by atoms with Crippen LogP contribution in [0.4, 0.5) is 0 Å². The van der Waals surface area contributed by atoms with Gasteiger partial charge in [-0.3, -0.25) is 9.88 Å². The molecule has 0 saturated carbocycles. The smallest absolute Gasteiger partial charge is 0.140 e. The molecule has 0 amide bonds. The van der Waals surface area contributed by atoms with Crippen LogP contribution in [0.15, 0.2) is 67.3 Å². The standard InChI is InChI=1S/C19H22N4O/c1-22(13-16-5-3-2-4-6-16)14-18(24)15-23-12-11-21-19(23)17-7-9-20-10-8-17/h2-12,18,24H,13-15H2,1H3/t18-/m0/s1. The van der Waals surface area contributed by atoms with Crippen molar-refractivity contribution in [3.8, 4) is 11.4 Å². The van der Waals surface area contributed by atoms with Gasteiger partial charge < -0.3 is 9.67 Å². The fourth-order valence-electron chi connectivity index (χ4n) is 2.82. The van der Waals surface area contributed by atoms with Crippen LogP contribution in [0.5, 0.6) is 0 Å². The third-order valence-electron chi connectivity index (χ3n) is 3.88. The molecule has 3 rings (SSSR count). The van der Waals surface area contributed by atoms with Crippen molar-refractivity contribution >= 4 is 0 Å². The van der Waals surface area contributed by atoms with Crippen molar-refractivity contribution in [3.05, 3.63) is 72.8 Å². The number of imidazole rings is 1. The maximum Gasteiger partial charge on any atom is 0.140 e. The van der Waals surface area contributed by atoms with Crippen LogP contribution in [0, 0.1) is 0 Å². The second kappa shape index (κ2) is 7.86. The summed E-state index contributed by atoms with van der Waals surface area (Å²) in [5.41, 5.74) is 2.24. The van der Waals surface area contributed by atoms with Crippen LogP contribution in [0.2, 0.25) is 0 Å². The second-order valence-corrected chi connectivity index (χ2v) is 5.98. The maximum atomic E-state index is 10.4. The Morgan fingerprint density at radius 2 is 1.83 bits per heavy atom. The fraction of sp³-hybridized carbons (Fsp3) is 0.263. The first kappa shape index (κ1) is 16.4. The number of likely N-dealkylation sites (N-methyl/N-ethyl adjacent to an activating group) is 1. The molecule has 0 aliphatic rings. The second-order valence-electron chi connectivity index (χ2n) is 5.98. The third kappa shape index (κ3) is 4.28. The van der Waals surface area contributed by atoms with Crippen molar-refractivity contribution < 1.29 is 5.11 Å². The highest BCUT2D eigenvalue weighted by atomic mass is 16.3. The Morgan fingerprint density at radius 3 is 2.58 bits per heavy atom. The summed E-state index contributed by atoms with van der Waals surface area (Å²) in [7, 11) is 2.02. The Hall–Kier alpha value is -2.50. The van der Waals surface area contributed by atoms with Gasteiger partial charge in [0.05, 0.1) is 12.6 Å². The minimum absolute atomic E-state index is 0.464. The van der Waals surface area contributed by atoms with Gasteiger partial charge >= 0.3 is 0 Å². The highest BCUT2D eigenvalue weighted by Crippen LogP contribution is 2.16.